The molecule has 3 aromatic rings. The van der Waals surface area contributed by atoms with Crippen LogP contribution in [-0.2, 0) is 14.8 Å². The zero-order chi connectivity index (χ0) is 20.3. The number of ether oxygens (including phenoxy) is 2. The van der Waals surface area contributed by atoms with Gasteiger partial charge in [-0.2, -0.15) is 0 Å². The van der Waals surface area contributed by atoms with Crippen LogP contribution in [0.4, 0.5) is 4.39 Å². The molecule has 1 radical (unpaired) electrons. The van der Waals surface area contributed by atoms with Crippen molar-refractivity contribution in [3.63, 3.8) is 0 Å². The standard InChI is InChI=1S/C20H19FNO5S/c1-14-10-20(18-7-6-15(23)11-19(18)21)22(13-14)28(24,25)17-5-3-4-16(12-17)27-9-8-26-2/h3-7,10-13,23H,1,8-9H2,2H3. The van der Waals surface area contributed by atoms with Gasteiger partial charge in [0.05, 0.1) is 17.2 Å². The van der Waals surface area contributed by atoms with Crippen molar-refractivity contribution in [2.24, 2.45) is 0 Å². The van der Waals surface area contributed by atoms with Gasteiger partial charge in [0.2, 0.25) is 0 Å². The Morgan fingerprint density at radius 2 is 1.93 bits per heavy atom. The van der Waals surface area contributed by atoms with Gasteiger partial charge in [-0.15, -0.1) is 0 Å². The van der Waals surface area contributed by atoms with Crippen molar-refractivity contribution in [2.45, 2.75) is 4.90 Å². The first-order chi connectivity index (χ1) is 13.3. The third kappa shape index (κ3) is 4.02. The molecule has 0 saturated heterocycles. The SMILES string of the molecule is [CH2]c1cc(-c2ccc(O)cc2F)n(S(=O)(=O)c2cccc(OCCOC)c2)c1. The van der Waals surface area contributed by atoms with Crippen LogP contribution in [0.2, 0.25) is 0 Å². The number of methoxy groups -OCH3 is 1. The number of benzene rings is 2. The Morgan fingerprint density at radius 1 is 1.14 bits per heavy atom. The minimum atomic E-state index is -4.04. The Hall–Kier alpha value is -2.84. The maximum absolute atomic E-state index is 14.3. The summed E-state index contributed by atoms with van der Waals surface area (Å²) in [5.41, 5.74) is 0.538. The van der Waals surface area contributed by atoms with Crippen LogP contribution in [0.25, 0.3) is 11.3 Å². The van der Waals surface area contributed by atoms with Crippen molar-refractivity contribution in [3.05, 3.63) is 73.0 Å². The van der Waals surface area contributed by atoms with Crippen LogP contribution in [-0.4, -0.2) is 37.8 Å². The summed E-state index contributed by atoms with van der Waals surface area (Å²) in [6.45, 7) is 4.39. The van der Waals surface area contributed by atoms with Gasteiger partial charge in [0, 0.05) is 31.0 Å². The van der Waals surface area contributed by atoms with E-state index in [2.05, 4.69) is 6.92 Å². The monoisotopic (exact) mass is 404 g/mol. The molecular formula is C20H19FNO5S. The predicted octanol–water partition coefficient (Wildman–Crippen LogP) is 3.44. The zero-order valence-corrected chi connectivity index (χ0v) is 15.9. The highest BCUT2D eigenvalue weighted by atomic mass is 32.2. The van der Waals surface area contributed by atoms with Crippen molar-refractivity contribution in [2.75, 3.05) is 20.3 Å². The summed E-state index contributed by atoms with van der Waals surface area (Å²) in [6.07, 6.45) is 1.31. The van der Waals surface area contributed by atoms with Gasteiger partial charge in [0.1, 0.15) is 23.9 Å². The normalized spacial score (nSPS) is 11.5. The molecular weight excluding hydrogens is 385 g/mol. The largest absolute Gasteiger partial charge is 0.508 e. The topological polar surface area (TPSA) is 77.8 Å². The number of aromatic hydroxyl groups is 1. The van der Waals surface area contributed by atoms with Crippen molar-refractivity contribution in [1.29, 1.82) is 0 Å². The van der Waals surface area contributed by atoms with E-state index in [1.165, 1.54) is 43.6 Å². The first-order valence-corrected chi connectivity index (χ1v) is 9.77. The molecule has 147 valence electrons. The fourth-order valence-electron chi connectivity index (χ4n) is 2.68. The fraction of sp³-hybridized carbons (Fsp3) is 0.150. The molecule has 0 atom stereocenters. The van der Waals surface area contributed by atoms with Crippen LogP contribution in [0.1, 0.15) is 5.56 Å². The van der Waals surface area contributed by atoms with Crippen LogP contribution in [0.5, 0.6) is 11.5 Å². The van der Waals surface area contributed by atoms with Gasteiger partial charge in [-0.05, 0) is 42.8 Å². The lowest BCUT2D eigenvalue weighted by molar-refractivity contribution is 0.146. The Kier molecular flexibility index (Phi) is 5.71. The molecule has 0 saturated carbocycles. The van der Waals surface area contributed by atoms with Crippen LogP contribution in [0, 0.1) is 12.7 Å². The van der Waals surface area contributed by atoms with Crippen LogP contribution >= 0.6 is 0 Å². The number of hydrogen-bond acceptors (Lipinski definition) is 5. The molecule has 28 heavy (non-hydrogen) atoms. The Bertz CT molecular complexity index is 1090. The highest BCUT2D eigenvalue weighted by Crippen LogP contribution is 2.31. The smallest absolute Gasteiger partial charge is 0.268 e. The average Bonchev–Trinajstić information content (AvgIpc) is 3.04. The molecule has 0 unspecified atom stereocenters. The van der Waals surface area contributed by atoms with E-state index in [1.54, 1.807) is 12.1 Å². The second-order valence-corrected chi connectivity index (χ2v) is 7.83. The number of hydrogen-bond donors (Lipinski definition) is 1. The highest BCUT2D eigenvalue weighted by Gasteiger charge is 2.23. The summed E-state index contributed by atoms with van der Waals surface area (Å²) in [7, 11) is -2.50. The van der Waals surface area contributed by atoms with Crippen molar-refractivity contribution < 1.29 is 27.4 Å². The fourth-order valence-corrected chi connectivity index (χ4v) is 4.11. The van der Waals surface area contributed by atoms with Gasteiger partial charge in [-0.1, -0.05) is 6.07 Å². The molecule has 1 aromatic heterocycles. The number of rotatable bonds is 7. The Morgan fingerprint density at radius 3 is 2.64 bits per heavy atom. The van der Waals surface area contributed by atoms with E-state index in [-0.39, 0.29) is 28.5 Å². The summed E-state index contributed by atoms with van der Waals surface area (Å²) >= 11 is 0. The molecule has 0 aliphatic rings. The first kappa shape index (κ1) is 19.9. The van der Waals surface area contributed by atoms with E-state index >= 15 is 0 Å². The van der Waals surface area contributed by atoms with E-state index in [0.29, 0.717) is 17.9 Å². The summed E-state index contributed by atoms with van der Waals surface area (Å²) in [4.78, 5) is -0.0153. The summed E-state index contributed by atoms with van der Waals surface area (Å²) in [5, 5.41) is 9.42. The van der Waals surface area contributed by atoms with Gasteiger partial charge in [-0.25, -0.2) is 16.8 Å². The minimum absolute atomic E-state index is 0.0153. The van der Waals surface area contributed by atoms with Gasteiger partial charge in [-0.3, -0.25) is 0 Å². The molecule has 0 amide bonds. The second kappa shape index (κ2) is 8.04. The van der Waals surface area contributed by atoms with Gasteiger partial charge in [0.25, 0.3) is 10.0 Å². The molecule has 2 aromatic carbocycles. The molecule has 8 heteroatoms. The molecule has 0 aliphatic heterocycles. The second-order valence-electron chi connectivity index (χ2n) is 6.01. The van der Waals surface area contributed by atoms with Gasteiger partial charge >= 0.3 is 0 Å². The highest BCUT2D eigenvalue weighted by molar-refractivity contribution is 7.90. The minimum Gasteiger partial charge on any atom is -0.508 e. The Labute approximate surface area is 162 Å². The molecule has 0 aliphatic carbocycles. The van der Waals surface area contributed by atoms with E-state index in [4.69, 9.17) is 9.47 Å². The van der Waals surface area contributed by atoms with Crippen LogP contribution < -0.4 is 4.74 Å². The molecule has 1 heterocycles. The van der Waals surface area contributed by atoms with E-state index in [1.807, 2.05) is 0 Å². The predicted molar refractivity (Wildman–Crippen MR) is 102 cm³/mol. The first-order valence-electron chi connectivity index (χ1n) is 8.33. The van der Waals surface area contributed by atoms with Crippen molar-refractivity contribution in [3.8, 4) is 22.8 Å². The number of halogens is 1. The van der Waals surface area contributed by atoms with Gasteiger partial charge in [0.15, 0.2) is 0 Å². The lowest BCUT2D eigenvalue weighted by Crippen LogP contribution is -2.14. The van der Waals surface area contributed by atoms with Crippen LogP contribution in [0.15, 0.2) is 59.6 Å². The summed E-state index contributed by atoms with van der Waals surface area (Å²) < 4.78 is 52.1. The van der Waals surface area contributed by atoms with E-state index in [9.17, 15) is 17.9 Å². The quantitative estimate of drug-likeness (QED) is 0.611. The summed E-state index contributed by atoms with van der Waals surface area (Å²) in [6, 6.07) is 11.0. The lowest BCUT2D eigenvalue weighted by atomic mass is 10.1. The number of phenolic OH excluding ortho intramolecular Hbond substituents is 1. The average molecular weight is 404 g/mol. The molecule has 3 rings (SSSR count). The third-order valence-electron chi connectivity index (χ3n) is 3.99. The maximum Gasteiger partial charge on any atom is 0.268 e. The molecule has 0 bridgehead atoms. The lowest BCUT2D eigenvalue weighted by Gasteiger charge is -2.13. The Balaban J connectivity index is 2.05. The summed E-state index contributed by atoms with van der Waals surface area (Å²) in [5.74, 6) is -0.623. The number of phenols is 1. The number of nitrogens with zero attached hydrogens (tertiary/aromatic N) is 1. The van der Waals surface area contributed by atoms with Crippen molar-refractivity contribution >= 4 is 10.0 Å². The molecule has 0 spiro atoms. The van der Waals surface area contributed by atoms with Crippen molar-refractivity contribution in [1.82, 2.24) is 3.97 Å². The maximum atomic E-state index is 14.3. The molecule has 6 nitrogen and oxygen atoms in total. The zero-order valence-electron chi connectivity index (χ0n) is 15.1. The van der Waals surface area contributed by atoms with E-state index < -0.39 is 15.8 Å². The number of aromatic nitrogens is 1. The van der Waals surface area contributed by atoms with Gasteiger partial charge < -0.3 is 14.6 Å². The van der Waals surface area contributed by atoms with E-state index in [0.717, 1.165) is 10.0 Å². The molecule has 1 N–H and O–H groups in total. The van der Waals surface area contributed by atoms with Crippen LogP contribution in [0.3, 0.4) is 0 Å². The molecule has 0 fully saturated rings. The third-order valence-corrected chi connectivity index (χ3v) is 5.66.